The van der Waals surface area contributed by atoms with Gasteiger partial charge in [-0.25, -0.2) is 0 Å². The maximum absolute atomic E-state index is 12.5. The third-order valence-electron chi connectivity index (χ3n) is 2.79. The van der Waals surface area contributed by atoms with Gasteiger partial charge in [0.15, 0.2) is 4.34 Å². The molecule has 0 aliphatic heterocycles. The average Bonchev–Trinajstić information content (AvgIpc) is 2.98. The summed E-state index contributed by atoms with van der Waals surface area (Å²) in [6.07, 6.45) is 1.76. The van der Waals surface area contributed by atoms with E-state index in [1.165, 1.54) is 23.1 Å². The molecule has 1 N–H and O–H groups in total. The fraction of sp³-hybridized carbons (Fsp3) is 0.267. The summed E-state index contributed by atoms with van der Waals surface area (Å²) < 4.78 is 0.760. The Hall–Kier alpha value is -1.86. The molecule has 1 heterocycles. The molecule has 0 bridgehead atoms. The maximum Gasteiger partial charge on any atom is 0.240 e. The van der Waals surface area contributed by atoms with Crippen LogP contribution in [0.4, 0.5) is 5.13 Å². The number of benzene rings is 1. The molecule has 1 amide bonds. The molecule has 1 atom stereocenters. The molecule has 116 valence electrons. The number of thioether (sulfide) groups is 1. The van der Waals surface area contributed by atoms with E-state index in [-0.39, 0.29) is 11.2 Å². The van der Waals surface area contributed by atoms with Gasteiger partial charge in [-0.2, -0.15) is 0 Å². The SMILES string of the molecule is C=CCNc1nnc(SC(C(=O)N(C)C)c2ccccc2)s1. The highest BCUT2D eigenvalue weighted by atomic mass is 32.2. The number of carbonyl (C=O) groups excluding carboxylic acids is 1. The van der Waals surface area contributed by atoms with Crippen LogP contribution in [0, 0.1) is 0 Å². The fourth-order valence-electron chi connectivity index (χ4n) is 1.71. The van der Waals surface area contributed by atoms with E-state index in [1.807, 2.05) is 30.3 Å². The highest BCUT2D eigenvalue weighted by molar-refractivity contribution is 8.01. The zero-order valence-electron chi connectivity index (χ0n) is 12.5. The molecular weight excluding hydrogens is 316 g/mol. The summed E-state index contributed by atoms with van der Waals surface area (Å²) in [5, 5.41) is 11.7. The van der Waals surface area contributed by atoms with Crippen LogP contribution >= 0.6 is 23.1 Å². The molecule has 22 heavy (non-hydrogen) atoms. The van der Waals surface area contributed by atoms with Gasteiger partial charge in [0.25, 0.3) is 0 Å². The molecule has 0 fully saturated rings. The average molecular weight is 334 g/mol. The van der Waals surface area contributed by atoms with Crippen molar-refractivity contribution >= 4 is 34.1 Å². The van der Waals surface area contributed by atoms with E-state index in [0.29, 0.717) is 6.54 Å². The summed E-state index contributed by atoms with van der Waals surface area (Å²) in [6.45, 7) is 4.29. The maximum atomic E-state index is 12.5. The lowest BCUT2D eigenvalue weighted by molar-refractivity contribution is -0.128. The highest BCUT2D eigenvalue weighted by Gasteiger charge is 2.25. The smallest absolute Gasteiger partial charge is 0.240 e. The van der Waals surface area contributed by atoms with Gasteiger partial charge in [-0.3, -0.25) is 4.79 Å². The van der Waals surface area contributed by atoms with E-state index < -0.39 is 0 Å². The van der Waals surface area contributed by atoms with Crippen molar-refractivity contribution in [1.82, 2.24) is 15.1 Å². The number of anilines is 1. The molecule has 0 spiro atoms. The Morgan fingerprint density at radius 3 is 2.77 bits per heavy atom. The number of aromatic nitrogens is 2. The summed E-state index contributed by atoms with van der Waals surface area (Å²) in [5.41, 5.74) is 0.960. The van der Waals surface area contributed by atoms with Crippen LogP contribution in [0.2, 0.25) is 0 Å². The number of carbonyl (C=O) groups is 1. The third-order valence-corrected chi connectivity index (χ3v) is 5.00. The number of likely N-dealkylation sites (N-methyl/N-ethyl adjacent to an activating group) is 1. The monoisotopic (exact) mass is 334 g/mol. The first-order valence-electron chi connectivity index (χ1n) is 6.73. The van der Waals surface area contributed by atoms with Crippen molar-refractivity contribution in [1.29, 1.82) is 0 Å². The lowest BCUT2D eigenvalue weighted by atomic mass is 10.1. The number of hydrogen-bond donors (Lipinski definition) is 1. The van der Waals surface area contributed by atoms with Gasteiger partial charge in [0.05, 0.1) is 0 Å². The largest absolute Gasteiger partial charge is 0.357 e. The Morgan fingerprint density at radius 2 is 2.14 bits per heavy atom. The number of nitrogens with zero attached hydrogens (tertiary/aromatic N) is 3. The zero-order chi connectivity index (χ0) is 15.9. The van der Waals surface area contributed by atoms with E-state index in [4.69, 9.17) is 0 Å². The molecule has 0 saturated carbocycles. The Balaban J connectivity index is 2.18. The summed E-state index contributed by atoms with van der Waals surface area (Å²) in [6, 6.07) is 9.72. The second-order valence-corrected chi connectivity index (χ2v) is 7.01. The van der Waals surface area contributed by atoms with Crippen molar-refractivity contribution in [3.05, 3.63) is 48.6 Å². The van der Waals surface area contributed by atoms with Gasteiger partial charge in [-0.1, -0.05) is 59.5 Å². The molecule has 5 nitrogen and oxygen atoms in total. The van der Waals surface area contributed by atoms with Crippen LogP contribution in [0.1, 0.15) is 10.8 Å². The number of rotatable bonds is 7. The Bertz CT molecular complexity index is 627. The molecule has 2 aromatic rings. The minimum atomic E-state index is -0.323. The first-order chi connectivity index (χ1) is 10.6. The minimum absolute atomic E-state index is 0.0343. The molecule has 1 unspecified atom stereocenters. The van der Waals surface area contributed by atoms with E-state index >= 15 is 0 Å². The Labute approximate surface area is 138 Å². The van der Waals surface area contributed by atoms with Crippen LogP contribution in [0.25, 0.3) is 0 Å². The molecule has 0 radical (unpaired) electrons. The van der Waals surface area contributed by atoms with Gasteiger partial charge < -0.3 is 10.2 Å². The van der Waals surface area contributed by atoms with Gasteiger partial charge >= 0.3 is 0 Å². The molecule has 0 saturated heterocycles. The zero-order valence-corrected chi connectivity index (χ0v) is 14.2. The molecule has 1 aromatic carbocycles. The summed E-state index contributed by atoms with van der Waals surface area (Å²) >= 11 is 2.86. The predicted octanol–water partition coefficient (Wildman–Crippen LogP) is 3.06. The first kappa shape index (κ1) is 16.5. The number of amides is 1. The lowest BCUT2D eigenvalue weighted by Gasteiger charge is -2.19. The lowest BCUT2D eigenvalue weighted by Crippen LogP contribution is -2.26. The molecular formula is C15H18N4OS2. The Morgan fingerprint density at radius 1 is 1.41 bits per heavy atom. The second kappa shape index (κ2) is 7.95. The van der Waals surface area contributed by atoms with Crippen molar-refractivity contribution in [2.75, 3.05) is 26.0 Å². The normalized spacial score (nSPS) is 11.7. The van der Waals surface area contributed by atoms with Crippen molar-refractivity contribution in [3.8, 4) is 0 Å². The first-order valence-corrected chi connectivity index (χ1v) is 8.42. The standard InChI is InChI=1S/C15H18N4OS2/c1-4-10-16-14-17-18-15(22-14)21-12(13(20)19(2)3)11-8-6-5-7-9-11/h4-9,12H,1,10H2,2-3H3,(H,16,17). The van der Waals surface area contributed by atoms with Gasteiger partial charge in [-0.15, -0.1) is 16.8 Å². The number of nitrogens with one attached hydrogen (secondary N) is 1. The van der Waals surface area contributed by atoms with Gasteiger partial charge in [0.2, 0.25) is 11.0 Å². The topological polar surface area (TPSA) is 58.1 Å². The van der Waals surface area contributed by atoms with Crippen molar-refractivity contribution in [2.24, 2.45) is 0 Å². The van der Waals surface area contributed by atoms with Crippen LogP contribution in [-0.2, 0) is 4.79 Å². The highest BCUT2D eigenvalue weighted by Crippen LogP contribution is 2.38. The van der Waals surface area contributed by atoms with E-state index in [9.17, 15) is 4.79 Å². The molecule has 7 heteroatoms. The molecule has 1 aromatic heterocycles. The predicted molar refractivity (Wildman–Crippen MR) is 92.3 cm³/mol. The Kier molecular flexibility index (Phi) is 5.97. The fourth-order valence-corrected chi connectivity index (χ4v) is 3.81. The van der Waals surface area contributed by atoms with E-state index in [1.54, 1.807) is 25.1 Å². The summed E-state index contributed by atoms with van der Waals surface area (Å²) in [7, 11) is 3.52. The number of hydrogen-bond acceptors (Lipinski definition) is 6. The molecule has 0 aliphatic carbocycles. The minimum Gasteiger partial charge on any atom is -0.357 e. The summed E-state index contributed by atoms with van der Waals surface area (Å²) in [4.78, 5) is 14.1. The van der Waals surface area contributed by atoms with Gasteiger partial charge in [0.1, 0.15) is 5.25 Å². The van der Waals surface area contributed by atoms with E-state index in [2.05, 4.69) is 22.1 Å². The van der Waals surface area contributed by atoms with Crippen LogP contribution in [0.15, 0.2) is 47.3 Å². The molecule has 2 rings (SSSR count). The van der Waals surface area contributed by atoms with Crippen molar-refractivity contribution in [2.45, 2.75) is 9.59 Å². The van der Waals surface area contributed by atoms with Gasteiger partial charge in [-0.05, 0) is 5.56 Å². The third kappa shape index (κ3) is 4.32. The van der Waals surface area contributed by atoms with Crippen molar-refractivity contribution < 1.29 is 4.79 Å². The van der Waals surface area contributed by atoms with Crippen LogP contribution < -0.4 is 5.32 Å². The van der Waals surface area contributed by atoms with Crippen LogP contribution in [-0.4, -0.2) is 41.6 Å². The van der Waals surface area contributed by atoms with Crippen LogP contribution in [0.5, 0.6) is 0 Å². The molecule has 0 aliphatic rings. The second-order valence-electron chi connectivity index (χ2n) is 4.68. The van der Waals surface area contributed by atoms with Gasteiger partial charge in [0, 0.05) is 20.6 Å². The van der Waals surface area contributed by atoms with Crippen LogP contribution in [0.3, 0.4) is 0 Å². The van der Waals surface area contributed by atoms with Crippen molar-refractivity contribution in [3.63, 3.8) is 0 Å². The summed E-state index contributed by atoms with van der Waals surface area (Å²) in [5.74, 6) is 0.0343. The quantitative estimate of drug-likeness (QED) is 0.623. The van der Waals surface area contributed by atoms with E-state index in [0.717, 1.165) is 15.0 Å².